The molecule has 0 saturated heterocycles. The largest absolute Gasteiger partial charge is 0.481 e. The van der Waals surface area contributed by atoms with E-state index in [0.29, 0.717) is 19.3 Å². The van der Waals surface area contributed by atoms with Gasteiger partial charge in [-0.3, -0.25) is 9.59 Å². The minimum atomic E-state index is -0.870. The van der Waals surface area contributed by atoms with Crippen LogP contribution in [0.5, 0.6) is 0 Å². The van der Waals surface area contributed by atoms with Gasteiger partial charge in [0.15, 0.2) is 0 Å². The number of allylic oxidation sites excluding steroid dienone is 1. The van der Waals surface area contributed by atoms with Crippen LogP contribution in [0.15, 0.2) is 12.2 Å². The lowest BCUT2D eigenvalue weighted by Crippen LogP contribution is -2.23. The molecule has 13 heavy (non-hydrogen) atoms. The Morgan fingerprint density at radius 1 is 1.69 bits per heavy atom. The van der Waals surface area contributed by atoms with Gasteiger partial charge in [-0.2, -0.15) is 0 Å². The molecule has 1 aliphatic carbocycles. The molecule has 72 valence electrons. The highest BCUT2D eigenvalue weighted by atomic mass is 16.4. The van der Waals surface area contributed by atoms with Gasteiger partial charge in [0.25, 0.3) is 0 Å². The molecule has 0 aliphatic heterocycles. The molecule has 0 spiro atoms. The molecule has 0 radical (unpaired) electrons. The number of carbonyl (C=O) groups excluding carboxylic acids is 1. The maximum atomic E-state index is 11.4. The summed E-state index contributed by atoms with van der Waals surface area (Å²) in [5, 5.41) is 8.85. The lowest BCUT2D eigenvalue weighted by atomic mass is 9.88. The summed E-state index contributed by atoms with van der Waals surface area (Å²) in [5.74, 6) is -1.79. The highest BCUT2D eigenvalue weighted by Crippen LogP contribution is 2.34. The van der Waals surface area contributed by atoms with Crippen LogP contribution >= 0.6 is 0 Å². The molecular formula is C10H14O3. The normalized spacial score (nSPS) is 27.6. The molecular weight excluding hydrogens is 168 g/mol. The van der Waals surface area contributed by atoms with Gasteiger partial charge in [0.2, 0.25) is 0 Å². The Morgan fingerprint density at radius 2 is 2.31 bits per heavy atom. The molecule has 0 bridgehead atoms. The fourth-order valence-electron chi connectivity index (χ4n) is 1.84. The average Bonchev–Trinajstić information content (AvgIpc) is 2.46. The zero-order valence-electron chi connectivity index (χ0n) is 7.75. The van der Waals surface area contributed by atoms with Crippen molar-refractivity contribution >= 4 is 11.8 Å². The second-order valence-electron chi connectivity index (χ2n) is 3.44. The fourth-order valence-corrected chi connectivity index (χ4v) is 1.84. The Kier molecular flexibility index (Phi) is 2.86. The molecule has 0 aromatic rings. The second kappa shape index (κ2) is 3.73. The summed E-state index contributed by atoms with van der Waals surface area (Å²) in [4.78, 5) is 22.1. The van der Waals surface area contributed by atoms with Crippen molar-refractivity contribution in [1.29, 1.82) is 0 Å². The summed E-state index contributed by atoms with van der Waals surface area (Å²) in [6.45, 7) is 5.65. The number of ketones is 1. The van der Waals surface area contributed by atoms with E-state index in [9.17, 15) is 9.59 Å². The van der Waals surface area contributed by atoms with E-state index in [4.69, 9.17) is 5.11 Å². The van der Waals surface area contributed by atoms with Crippen LogP contribution in [-0.2, 0) is 9.59 Å². The maximum absolute atomic E-state index is 11.4. The first-order valence-electron chi connectivity index (χ1n) is 4.51. The van der Waals surface area contributed by atoms with E-state index in [2.05, 4.69) is 6.58 Å². The number of hydrogen-bond donors (Lipinski definition) is 1. The molecule has 0 aromatic carbocycles. The first-order chi connectivity index (χ1) is 6.07. The van der Waals surface area contributed by atoms with E-state index in [1.54, 1.807) is 0 Å². The van der Waals surface area contributed by atoms with Crippen molar-refractivity contribution < 1.29 is 14.7 Å². The van der Waals surface area contributed by atoms with Gasteiger partial charge in [0.05, 0.1) is 11.8 Å². The molecule has 3 heteroatoms. The number of carbonyl (C=O) groups is 2. The predicted octanol–water partition coefficient (Wildman–Crippen LogP) is 1.63. The van der Waals surface area contributed by atoms with Gasteiger partial charge in [-0.05, 0) is 12.8 Å². The Balaban J connectivity index is 2.83. The van der Waals surface area contributed by atoms with Gasteiger partial charge in [-0.15, -0.1) is 0 Å². The lowest BCUT2D eigenvalue weighted by molar-refractivity contribution is -0.143. The molecule has 1 fully saturated rings. The smallest absolute Gasteiger partial charge is 0.307 e. The van der Waals surface area contributed by atoms with Crippen LogP contribution in [0.3, 0.4) is 0 Å². The molecule has 2 atom stereocenters. The third-order valence-corrected chi connectivity index (χ3v) is 2.66. The average molecular weight is 182 g/mol. The topological polar surface area (TPSA) is 54.4 Å². The van der Waals surface area contributed by atoms with Crippen molar-refractivity contribution in [3.8, 4) is 0 Å². The van der Waals surface area contributed by atoms with Crippen LogP contribution in [0.2, 0.25) is 0 Å². The van der Waals surface area contributed by atoms with Gasteiger partial charge >= 0.3 is 5.97 Å². The van der Waals surface area contributed by atoms with Crippen LogP contribution in [0.1, 0.15) is 26.2 Å². The Bertz CT molecular complexity index is 255. The third-order valence-electron chi connectivity index (χ3n) is 2.66. The summed E-state index contributed by atoms with van der Waals surface area (Å²) < 4.78 is 0. The zero-order valence-corrected chi connectivity index (χ0v) is 7.75. The van der Waals surface area contributed by atoms with Crippen LogP contribution in [0.4, 0.5) is 0 Å². The predicted molar refractivity (Wildman–Crippen MR) is 48.3 cm³/mol. The minimum Gasteiger partial charge on any atom is -0.481 e. The number of carboxylic acids is 1. The number of aliphatic carboxylic acids is 1. The van der Waals surface area contributed by atoms with E-state index in [1.807, 2.05) is 6.92 Å². The van der Waals surface area contributed by atoms with Crippen molar-refractivity contribution in [1.82, 2.24) is 0 Å². The maximum Gasteiger partial charge on any atom is 0.307 e. The van der Waals surface area contributed by atoms with Crippen molar-refractivity contribution in [2.45, 2.75) is 26.2 Å². The van der Waals surface area contributed by atoms with E-state index >= 15 is 0 Å². The summed E-state index contributed by atoms with van der Waals surface area (Å²) in [7, 11) is 0. The SMILES string of the molecule is C=C(CC)C1C(=O)CCC1C(=O)O. The monoisotopic (exact) mass is 182 g/mol. The third kappa shape index (κ3) is 1.79. The van der Waals surface area contributed by atoms with Gasteiger partial charge in [0, 0.05) is 6.42 Å². The minimum absolute atomic E-state index is 0.0410. The Labute approximate surface area is 77.4 Å². The first kappa shape index (κ1) is 9.96. The molecule has 0 heterocycles. The van der Waals surface area contributed by atoms with Gasteiger partial charge in [-0.25, -0.2) is 0 Å². The summed E-state index contributed by atoms with van der Waals surface area (Å²) in [5.41, 5.74) is 0.759. The number of hydrogen-bond acceptors (Lipinski definition) is 2. The summed E-state index contributed by atoms with van der Waals surface area (Å²) >= 11 is 0. The second-order valence-corrected chi connectivity index (χ2v) is 3.44. The number of rotatable bonds is 3. The zero-order chi connectivity index (χ0) is 10.0. The van der Waals surface area contributed by atoms with Gasteiger partial charge in [-0.1, -0.05) is 19.1 Å². The quantitative estimate of drug-likeness (QED) is 0.675. The summed E-state index contributed by atoms with van der Waals surface area (Å²) in [6.07, 6.45) is 1.54. The standard InChI is InChI=1S/C10H14O3/c1-3-6(2)9-7(10(12)13)4-5-8(9)11/h7,9H,2-5H2,1H3,(H,12,13). The van der Waals surface area contributed by atoms with E-state index in [-0.39, 0.29) is 5.78 Å². The highest BCUT2D eigenvalue weighted by molar-refractivity contribution is 5.91. The molecule has 1 saturated carbocycles. The molecule has 0 aromatic heterocycles. The van der Waals surface area contributed by atoms with Crippen LogP contribution in [0, 0.1) is 11.8 Å². The molecule has 2 unspecified atom stereocenters. The number of Topliss-reactive ketones (excluding diaryl/α,β-unsaturated/α-hetero) is 1. The molecule has 0 amide bonds. The van der Waals surface area contributed by atoms with Gasteiger partial charge in [0.1, 0.15) is 5.78 Å². The lowest BCUT2D eigenvalue weighted by Gasteiger charge is -2.15. The van der Waals surface area contributed by atoms with Crippen molar-refractivity contribution in [2.24, 2.45) is 11.8 Å². The highest BCUT2D eigenvalue weighted by Gasteiger charge is 2.40. The fraction of sp³-hybridized carbons (Fsp3) is 0.600. The molecule has 1 rings (SSSR count). The van der Waals surface area contributed by atoms with E-state index in [0.717, 1.165) is 5.57 Å². The first-order valence-corrected chi connectivity index (χ1v) is 4.51. The van der Waals surface area contributed by atoms with Crippen LogP contribution in [-0.4, -0.2) is 16.9 Å². The Hall–Kier alpha value is -1.12. The van der Waals surface area contributed by atoms with E-state index < -0.39 is 17.8 Å². The van der Waals surface area contributed by atoms with Crippen LogP contribution < -0.4 is 0 Å². The van der Waals surface area contributed by atoms with Crippen molar-refractivity contribution in [2.75, 3.05) is 0 Å². The van der Waals surface area contributed by atoms with Crippen LogP contribution in [0.25, 0.3) is 0 Å². The van der Waals surface area contributed by atoms with Gasteiger partial charge < -0.3 is 5.11 Å². The van der Waals surface area contributed by atoms with E-state index in [1.165, 1.54) is 0 Å². The summed E-state index contributed by atoms with van der Waals surface area (Å²) in [6, 6.07) is 0. The Morgan fingerprint density at radius 3 is 2.77 bits per heavy atom. The molecule has 1 aliphatic rings. The van der Waals surface area contributed by atoms with Crippen molar-refractivity contribution in [3.63, 3.8) is 0 Å². The molecule has 1 N–H and O–H groups in total. The van der Waals surface area contributed by atoms with Crippen molar-refractivity contribution in [3.05, 3.63) is 12.2 Å². The number of carboxylic acid groups (broad SMARTS) is 1. The molecule has 3 nitrogen and oxygen atoms in total.